The number of Topliss-reactive ketones (excluding diaryl/α,β-unsaturated/α-hetero) is 1. The number of hydrogen-bond acceptors (Lipinski definition) is 7. The molecule has 4 rings (SSSR count). The Balaban J connectivity index is 1.38. The summed E-state index contributed by atoms with van der Waals surface area (Å²) in [5.74, 6) is -0.234. The van der Waals surface area contributed by atoms with Gasteiger partial charge in [0.2, 0.25) is 11.9 Å². The van der Waals surface area contributed by atoms with Gasteiger partial charge in [-0.2, -0.15) is 0 Å². The van der Waals surface area contributed by atoms with Crippen molar-refractivity contribution in [2.75, 3.05) is 6.61 Å². The first kappa shape index (κ1) is 20.5. The Morgan fingerprint density at radius 1 is 1.23 bits per heavy atom. The van der Waals surface area contributed by atoms with E-state index in [9.17, 15) is 14.0 Å². The van der Waals surface area contributed by atoms with Crippen LogP contribution in [0.2, 0.25) is 0 Å². The fourth-order valence-electron chi connectivity index (χ4n) is 3.51. The normalized spacial score (nSPS) is 15.5. The predicted molar refractivity (Wildman–Crippen MR) is 108 cm³/mol. The van der Waals surface area contributed by atoms with Crippen molar-refractivity contribution >= 4 is 17.5 Å². The first-order chi connectivity index (χ1) is 14.8. The maximum absolute atomic E-state index is 13.4. The van der Waals surface area contributed by atoms with E-state index in [1.54, 1.807) is 42.7 Å². The zero-order valence-corrected chi connectivity index (χ0v) is 17.2. The minimum atomic E-state index is -0.975. The largest absolute Gasteiger partial charge is 0.454 e. The van der Waals surface area contributed by atoms with Crippen LogP contribution in [-0.2, 0) is 14.4 Å². The van der Waals surface area contributed by atoms with E-state index in [-0.39, 0.29) is 12.2 Å². The van der Waals surface area contributed by atoms with Crippen LogP contribution in [0.3, 0.4) is 0 Å². The van der Waals surface area contributed by atoms with Crippen molar-refractivity contribution < 1.29 is 28.1 Å². The van der Waals surface area contributed by atoms with Gasteiger partial charge in [-0.1, -0.05) is 22.4 Å². The maximum Gasteiger partial charge on any atom is 0.351 e. The Bertz CT molecular complexity index is 1190. The molecule has 0 bridgehead atoms. The van der Waals surface area contributed by atoms with E-state index in [0.717, 1.165) is 5.69 Å². The van der Waals surface area contributed by atoms with Gasteiger partial charge in [0, 0.05) is 35.0 Å². The number of rotatable bonds is 6. The summed E-state index contributed by atoms with van der Waals surface area (Å²) < 4.78 is 25.5. The molecule has 3 heterocycles. The number of benzene rings is 1. The van der Waals surface area contributed by atoms with E-state index in [0.29, 0.717) is 34.1 Å². The van der Waals surface area contributed by atoms with Crippen LogP contribution >= 0.6 is 0 Å². The van der Waals surface area contributed by atoms with E-state index in [2.05, 4.69) is 10.3 Å². The molecule has 160 valence electrons. The monoisotopic (exact) mass is 425 g/mol. The van der Waals surface area contributed by atoms with Crippen LogP contribution in [0.25, 0.3) is 5.82 Å². The van der Waals surface area contributed by atoms with E-state index in [1.165, 1.54) is 12.1 Å². The van der Waals surface area contributed by atoms with Gasteiger partial charge in [0.25, 0.3) is 0 Å². The molecule has 0 aliphatic carbocycles. The van der Waals surface area contributed by atoms with Gasteiger partial charge < -0.3 is 14.1 Å². The van der Waals surface area contributed by atoms with Crippen LogP contribution in [0.15, 0.2) is 46.1 Å². The Morgan fingerprint density at radius 3 is 2.74 bits per heavy atom. The molecule has 0 spiro atoms. The van der Waals surface area contributed by atoms with Gasteiger partial charge in [0.15, 0.2) is 12.4 Å². The first-order valence-corrected chi connectivity index (χ1v) is 9.64. The van der Waals surface area contributed by atoms with Gasteiger partial charge in [-0.3, -0.25) is 9.36 Å². The minimum absolute atomic E-state index is 0.135. The summed E-state index contributed by atoms with van der Waals surface area (Å²) in [6, 6.07) is 9.33. The molecule has 1 aliphatic rings. The predicted octanol–water partition coefficient (Wildman–Crippen LogP) is 3.45. The lowest BCUT2D eigenvalue weighted by atomic mass is 10.1. The second kappa shape index (κ2) is 8.17. The second-order valence-corrected chi connectivity index (χ2v) is 7.29. The summed E-state index contributed by atoms with van der Waals surface area (Å²) in [7, 11) is 0. The zero-order valence-electron chi connectivity index (χ0n) is 17.2. The van der Waals surface area contributed by atoms with Crippen molar-refractivity contribution in [2.24, 2.45) is 5.16 Å². The molecular weight excluding hydrogens is 405 g/mol. The molecule has 1 aliphatic heterocycles. The maximum atomic E-state index is 13.4. The molecule has 8 nitrogen and oxygen atoms in total. The highest BCUT2D eigenvalue weighted by Gasteiger charge is 2.31. The van der Waals surface area contributed by atoms with Crippen LogP contribution in [0.5, 0.6) is 0 Å². The molecule has 0 fully saturated rings. The van der Waals surface area contributed by atoms with E-state index < -0.39 is 24.5 Å². The molecule has 0 saturated carbocycles. The molecule has 0 amide bonds. The van der Waals surface area contributed by atoms with Crippen molar-refractivity contribution in [1.29, 1.82) is 0 Å². The molecule has 31 heavy (non-hydrogen) atoms. The molecular formula is C22H20FN3O5. The highest BCUT2D eigenvalue weighted by atomic mass is 19.1. The molecule has 0 saturated heterocycles. The van der Waals surface area contributed by atoms with Crippen LogP contribution in [-0.4, -0.2) is 39.9 Å². The van der Waals surface area contributed by atoms with Crippen molar-refractivity contribution in [3.63, 3.8) is 0 Å². The number of esters is 1. The fraction of sp³-hybridized carbons (Fsp3) is 0.273. The highest BCUT2D eigenvalue weighted by Crippen LogP contribution is 2.22. The van der Waals surface area contributed by atoms with Crippen molar-refractivity contribution in [3.05, 3.63) is 70.5 Å². The van der Waals surface area contributed by atoms with Crippen molar-refractivity contribution in [1.82, 2.24) is 9.72 Å². The lowest BCUT2D eigenvalue weighted by molar-refractivity contribution is -0.154. The number of hydrogen-bond donors (Lipinski definition) is 0. The molecule has 0 radical (unpaired) electrons. The summed E-state index contributed by atoms with van der Waals surface area (Å²) in [6.07, 6.45) is -0.840. The summed E-state index contributed by atoms with van der Waals surface area (Å²) in [4.78, 5) is 30.1. The lowest BCUT2D eigenvalue weighted by Gasteiger charge is -2.09. The number of nitrogens with zero attached hydrogens (tertiary/aromatic N) is 3. The van der Waals surface area contributed by atoms with Gasteiger partial charge in [0.1, 0.15) is 11.6 Å². The first-order valence-electron chi connectivity index (χ1n) is 9.64. The number of halogens is 1. The van der Waals surface area contributed by atoms with E-state index in [1.807, 2.05) is 6.92 Å². The van der Waals surface area contributed by atoms with Gasteiger partial charge in [-0.15, -0.1) is 0 Å². The fourth-order valence-corrected chi connectivity index (χ4v) is 3.51. The van der Waals surface area contributed by atoms with Gasteiger partial charge in [-0.25, -0.2) is 9.18 Å². The van der Waals surface area contributed by atoms with Crippen LogP contribution in [0, 0.1) is 26.6 Å². The van der Waals surface area contributed by atoms with Crippen molar-refractivity contribution in [3.8, 4) is 5.82 Å². The average molecular weight is 425 g/mol. The minimum Gasteiger partial charge on any atom is -0.454 e. The highest BCUT2D eigenvalue weighted by molar-refractivity contribution is 6.04. The van der Waals surface area contributed by atoms with Crippen molar-refractivity contribution in [2.45, 2.75) is 33.3 Å². The standard InChI is InChI=1S/C22H20FN3O5/c1-12-7-17(14(3)26(12)21-8-13(2)30-25-21)19(27)11-29-22(28)20-10-18(24-31-20)15-5-4-6-16(23)9-15/h4-9,20H,10-11H2,1-3H3/t20-/m1/s1. The SMILES string of the molecule is Cc1cc(-n2c(C)cc(C(=O)COC(=O)[C@H]3CC(c4cccc(F)c4)=NO3)c2C)no1. The molecule has 0 unspecified atom stereocenters. The summed E-state index contributed by atoms with van der Waals surface area (Å²) >= 11 is 0. The lowest BCUT2D eigenvalue weighted by Crippen LogP contribution is -2.26. The third-order valence-corrected chi connectivity index (χ3v) is 5.01. The summed E-state index contributed by atoms with van der Waals surface area (Å²) in [6.45, 7) is 4.98. The molecule has 2 aromatic heterocycles. The molecule has 9 heteroatoms. The number of aromatic nitrogens is 2. The number of aryl methyl sites for hydroxylation is 2. The summed E-state index contributed by atoms with van der Waals surface area (Å²) in [5.41, 5.74) is 2.87. The van der Waals surface area contributed by atoms with E-state index >= 15 is 0 Å². The number of ether oxygens (including phenoxy) is 1. The Hall–Kier alpha value is -3.75. The van der Waals surface area contributed by atoms with Crippen LogP contribution in [0.4, 0.5) is 4.39 Å². The zero-order chi connectivity index (χ0) is 22.1. The topological polar surface area (TPSA) is 95.9 Å². The number of oxime groups is 1. The van der Waals surface area contributed by atoms with Gasteiger partial charge >= 0.3 is 5.97 Å². The number of carbonyl (C=O) groups excluding carboxylic acids is 2. The molecule has 1 atom stereocenters. The quantitative estimate of drug-likeness (QED) is 0.443. The van der Waals surface area contributed by atoms with E-state index in [4.69, 9.17) is 14.1 Å². The molecule has 3 aromatic rings. The summed E-state index contributed by atoms with van der Waals surface area (Å²) in [5, 5.41) is 7.83. The van der Waals surface area contributed by atoms with Crippen LogP contribution < -0.4 is 0 Å². The smallest absolute Gasteiger partial charge is 0.351 e. The third kappa shape index (κ3) is 4.11. The molecule has 1 aromatic carbocycles. The second-order valence-electron chi connectivity index (χ2n) is 7.29. The van der Waals surface area contributed by atoms with Gasteiger partial charge in [-0.05, 0) is 39.0 Å². The average Bonchev–Trinajstić information content (AvgIpc) is 3.45. The van der Waals surface area contributed by atoms with Crippen LogP contribution in [0.1, 0.15) is 39.5 Å². The third-order valence-electron chi connectivity index (χ3n) is 5.01. The number of carbonyl (C=O) groups is 2. The Morgan fingerprint density at radius 2 is 2.03 bits per heavy atom. The Labute approximate surface area is 177 Å². The number of ketones is 1. The molecule has 0 N–H and O–H groups in total. The van der Waals surface area contributed by atoms with Gasteiger partial charge in [0.05, 0.1) is 5.71 Å². The Kier molecular flexibility index (Phi) is 5.41.